The van der Waals surface area contributed by atoms with Gasteiger partial charge in [0.1, 0.15) is 0 Å². The monoisotopic (exact) mass is 308 g/mol. The van der Waals surface area contributed by atoms with Gasteiger partial charge in [0.2, 0.25) is 0 Å². The van der Waals surface area contributed by atoms with Gasteiger partial charge in [-0.15, -0.1) is 0 Å². The molecule has 0 bridgehead atoms. The van der Waals surface area contributed by atoms with Gasteiger partial charge in [0.05, 0.1) is 0 Å². The van der Waals surface area contributed by atoms with Crippen LogP contribution >= 0.6 is 0 Å². The molecule has 2 nitrogen and oxygen atoms in total. The molecule has 1 aliphatic rings. The summed E-state index contributed by atoms with van der Waals surface area (Å²) >= 11 is -0.481. The van der Waals surface area contributed by atoms with Gasteiger partial charge in [0, 0.05) is 0 Å². The molecule has 84 valence electrons. The van der Waals surface area contributed by atoms with Crippen molar-refractivity contribution in [2.24, 2.45) is 0 Å². The Balaban J connectivity index is 2.79. The molecule has 6 heteroatoms. The average Bonchev–Trinajstić information content (AvgIpc) is 1.77. The zero-order valence-electron chi connectivity index (χ0n) is 11.1. The van der Waals surface area contributed by atoms with Crippen molar-refractivity contribution in [1.29, 1.82) is 0 Å². The second-order valence-corrected chi connectivity index (χ2v) is 30.1. The van der Waals surface area contributed by atoms with Gasteiger partial charge in [0.25, 0.3) is 0 Å². The Morgan fingerprint density at radius 2 is 1.07 bits per heavy atom. The summed E-state index contributed by atoms with van der Waals surface area (Å²) in [6.45, 7) is 20.3. The predicted molar refractivity (Wildman–Crippen MR) is 76.4 cm³/mol. The fraction of sp³-hybridized carbons (Fsp3) is 1.00. The molecule has 1 heterocycles. The van der Waals surface area contributed by atoms with E-state index in [1.54, 1.807) is 0 Å². The van der Waals surface area contributed by atoms with Crippen molar-refractivity contribution in [2.45, 2.75) is 52.4 Å². The van der Waals surface area contributed by atoms with E-state index in [9.17, 15) is 0 Å². The van der Waals surface area contributed by atoms with Crippen LogP contribution in [0.5, 0.6) is 0 Å². The summed E-state index contributed by atoms with van der Waals surface area (Å²) in [7, 11) is -3.05. The summed E-state index contributed by atoms with van der Waals surface area (Å²) in [4.78, 5) is 0. The van der Waals surface area contributed by atoms with Crippen LogP contribution in [0.15, 0.2) is 0 Å². The third kappa shape index (κ3) is 2.27. The van der Waals surface area contributed by atoms with E-state index in [1.165, 1.54) is 0 Å². The SMILES string of the molecule is C[Si](C)(C)[N]1[GeH2][N]([Si](C)(C)C)[Si]1(C)C. The summed E-state index contributed by atoms with van der Waals surface area (Å²) in [5.74, 6) is 0. The molecule has 1 saturated heterocycles. The fourth-order valence-electron chi connectivity index (χ4n) is 2.62. The van der Waals surface area contributed by atoms with Crippen LogP contribution in [0.4, 0.5) is 0 Å². The molecule has 1 fully saturated rings. The van der Waals surface area contributed by atoms with Crippen LogP contribution in [-0.2, 0) is 0 Å². The molecule has 0 aliphatic carbocycles. The molecule has 14 heavy (non-hydrogen) atoms. The van der Waals surface area contributed by atoms with Gasteiger partial charge >= 0.3 is 99.5 Å². The molecule has 0 N–H and O–H groups in total. The first-order valence-corrected chi connectivity index (χ1v) is 18.0. The number of rotatable bonds is 2. The minimum absolute atomic E-state index is 0.481. The fourth-order valence-corrected chi connectivity index (χ4v) is 35.8. The van der Waals surface area contributed by atoms with Gasteiger partial charge in [-0.25, -0.2) is 0 Å². The molecule has 0 spiro atoms. The third-order valence-corrected chi connectivity index (χ3v) is 42.2. The number of hydrogen-bond acceptors (Lipinski definition) is 2. The van der Waals surface area contributed by atoms with Gasteiger partial charge in [-0.1, -0.05) is 0 Å². The van der Waals surface area contributed by atoms with Crippen molar-refractivity contribution in [3.63, 3.8) is 0 Å². The Hall–Kier alpha value is 1.11. The van der Waals surface area contributed by atoms with Crippen molar-refractivity contribution in [1.82, 2.24) is 6.38 Å². The summed E-state index contributed by atoms with van der Waals surface area (Å²) in [6, 6.07) is 0. The Bertz CT molecular complexity index is 210. The topological polar surface area (TPSA) is 6.48 Å². The van der Waals surface area contributed by atoms with E-state index in [1.807, 2.05) is 0 Å². The molecule has 0 aromatic carbocycles. The summed E-state index contributed by atoms with van der Waals surface area (Å²) in [6.07, 6.45) is 0. The molecule has 0 radical (unpaired) electrons. The first kappa shape index (κ1) is 13.2. The zero-order valence-corrected chi connectivity index (χ0v) is 17.1. The average molecular weight is 307 g/mol. The van der Waals surface area contributed by atoms with Gasteiger partial charge in [-0.05, 0) is 0 Å². The normalized spacial score (nSPS) is 24.9. The maximum absolute atomic E-state index is 3.05. The molecule has 0 atom stereocenters. The molecule has 0 unspecified atom stereocenters. The molecule has 1 aliphatic heterocycles. The van der Waals surface area contributed by atoms with E-state index in [2.05, 4.69) is 58.8 Å². The van der Waals surface area contributed by atoms with Crippen molar-refractivity contribution < 1.29 is 0 Å². The van der Waals surface area contributed by atoms with Crippen LogP contribution < -0.4 is 0 Å². The van der Waals surface area contributed by atoms with Crippen LogP contribution in [0.2, 0.25) is 52.4 Å². The number of hydrogen-bond donors (Lipinski definition) is 0. The Labute approximate surface area is 99.3 Å². The first-order chi connectivity index (χ1) is 5.97. The van der Waals surface area contributed by atoms with Crippen LogP contribution in [0.25, 0.3) is 0 Å². The van der Waals surface area contributed by atoms with E-state index >= 15 is 0 Å². The van der Waals surface area contributed by atoms with Crippen LogP contribution in [0.3, 0.4) is 0 Å². The standard InChI is InChI=1S/C8H26GeN2Si3/c1-12(2,3)10-9-11(13(4,5)6)14(10,7)8/h9H2,1-8H3. The van der Waals surface area contributed by atoms with Crippen LogP contribution in [0.1, 0.15) is 0 Å². The van der Waals surface area contributed by atoms with Crippen molar-refractivity contribution in [3.05, 3.63) is 0 Å². The summed E-state index contributed by atoms with van der Waals surface area (Å²) in [5.41, 5.74) is 0. The molecule has 0 aromatic rings. The third-order valence-electron chi connectivity index (χ3n) is 3.22. The van der Waals surface area contributed by atoms with E-state index in [0.717, 1.165) is 0 Å². The Morgan fingerprint density at radius 1 is 0.786 bits per heavy atom. The van der Waals surface area contributed by atoms with E-state index in [4.69, 9.17) is 0 Å². The van der Waals surface area contributed by atoms with Crippen molar-refractivity contribution >= 4 is 40.7 Å². The van der Waals surface area contributed by atoms with E-state index < -0.39 is 40.7 Å². The van der Waals surface area contributed by atoms with Crippen molar-refractivity contribution in [2.75, 3.05) is 0 Å². The Morgan fingerprint density at radius 3 is 1.21 bits per heavy atom. The minimum atomic E-state index is -1.11. The molecule has 0 saturated carbocycles. The van der Waals surface area contributed by atoms with Crippen LogP contribution in [0, 0.1) is 0 Å². The van der Waals surface area contributed by atoms with Gasteiger partial charge in [-0.2, -0.15) is 0 Å². The van der Waals surface area contributed by atoms with Crippen LogP contribution in [-0.4, -0.2) is 47.1 Å². The Kier molecular flexibility index (Phi) is 3.35. The number of nitrogens with zero attached hydrogens (tertiary/aromatic N) is 2. The van der Waals surface area contributed by atoms with Gasteiger partial charge in [-0.3, -0.25) is 0 Å². The first-order valence-electron chi connectivity index (χ1n) is 5.53. The predicted octanol–water partition coefficient (Wildman–Crippen LogP) is 1.97. The zero-order chi connectivity index (χ0) is 11.4. The molecular weight excluding hydrogens is 281 g/mol. The van der Waals surface area contributed by atoms with Crippen molar-refractivity contribution in [3.8, 4) is 0 Å². The quantitative estimate of drug-likeness (QED) is 0.720. The molecular formula is C8H26GeN2Si3. The van der Waals surface area contributed by atoms with E-state index in [0.29, 0.717) is 0 Å². The second kappa shape index (κ2) is 3.56. The van der Waals surface area contributed by atoms with Gasteiger partial charge < -0.3 is 0 Å². The summed E-state index contributed by atoms with van der Waals surface area (Å²) < 4.78 is 6.09. The summed E-state index contributed by atoms with van der Waals surface area (Å²) in [5, 5.41) is 0. The van der Waals surface area contributed by atoms with Gasteiger partial charge in [0.15, 0.2) is 0 Å². The second-order valence-electron chi connectivity index (χ2n) is 6.83. The molecule has 1 rings (SSSR count). The molecule has 0 amide bonds. The van der Waals surface area contributed by atoms with E-state index in [-0.39, 0.29) is 0 Å². The molecule has 0 aromatic heterocycles. The maximum atomic E-state index is 3.05.